The van der Waals surface area contributed by atoms with Crippen molar-refractivity contribution in [3.63, 3.8) is 0 Å². The van der Waals surface area contributed by atoms with Crippen LogP contribution in [0.15, 0.2) is 40.3 Å². The van der Waals surface area contributed by atoms with Crippen molar-refractivity contribution in [2.45, 2.75) is 52.2 Å². The Morgan fingerprint density at radius 3 is 2.78 bits per heavy atom. The van der Waals surface area contributed by atoms with Gasteiger partial charge in [-0.3, -0.25) is 4.79 Å². The van der Waals surface area contributed by atoms with Crippen LogP contribution in [0.4, 0.5) is 0 Å². The first-order chi connectivity index (χ1) is 19.7. The number of carbonyl (C=O) groups excluding carboxylic acids is 1. The number of imidazole rings is 1. The summed E-state index contributed by atoms with van der Waals surface area (Å²) in [7, 11) is 3.18. The molecule has 0 saturated carbocycles. The third-order valence-electron chi connectivity index (χ3n) is 6.66. The first-order valence-electron chi connectivity index (χ1n) is 13.2. The highest BCUT2D eigenvalue weighted by molar-refractivity contribution is 7.18. The average Bonchev–Trinajstić information content (AvgIpc) is 3.73. The lowest BCUT2D eigenvalue weighted by molar-refractivity contribution is -0.160. The molecule has 0 spiro atoms. The van der Waals surface area contributed by atoms with Crippen LogP contribution in [0.1, 0.15) is 50.7 Å². The summed E-state index contributed by atoms with van der Waals surface area (Å²) < 4.78 is 30.5. The summed E-state index contributed by atoms with van der Waals surface area (Å²) in [6, 6.07) is 5.58. The lowest BCUT2D eigenvalue weighted by Gasteiger charge is -2.25. The molecule has 6 rings (SSSR count). The average molecular weight is 595 g/mol. The molecule has 0 bridgehead atoms. The minimum absolute atomic E-state index is 0.104. The van der Waals surface area contributed by atoms with Crippen molar-refractivity contribution < 1.29 is 28.2 Å². The zero-order valence-electron chi connectivity index (χ0n) is 23.4. The molecule has 1 unspecified atom stereocenters. The minimum Gasteiger partial charge on any atom is -0.496 e. The number of furan rings is 1. The Kier molecular flexibility index (Phi) is 7.20. The van der Waals surface area contributed by atoms with Gasteiger partial charge in [0.05, 0.1) is 37.4 Å². The number of thiazole rings is 1. The van der Waals surface area contributed by atoms with E-state index < -0.39 is 5.60 Å². The molecule has 0 saturated heterocycles. The Bertz CT molecular complexity index is 1760. The molecular weight excluding hydrogens is 564 g/mol. The van der Waals surface area contributed by atoms with Gasteiger partial charge in [-0.25, -0.2) is 9.97 Å². The summed E-state index contributed by atoms with van der Waals surface area (Å²) in [6.07, 6.45) is 6.05. The third-order valence-corrected chi connectivity index (χ3v) is 8.51. The maximum atomic E-state index is 12.5. The van der Waals surface area contributed by atoms with Crippen LogP contribution in [0.25, 0.3) is 33.0 Å². The number of ether oxygens (including phenoxy) is 4. The maximum Gasteiger partial charge on any atom is 0.309 e. The highest BCUT2D eigenvalue weighted by Gasteiger charge is 2.27. The molecule has 0 aliphatic heterocycles. The van der Waals surface area contributed by atoms with Crippen LogP contribution < -0.4 is 14.2 Å². The van der Waals surface area contributed by atoms with Crippen LogP contribution in [0, 0.1) is 5.92 Å². The summed E-state index contributed by atoms with van der Waals surface area (Å²) in [6.45, 7) is 5.97. The van der Waals surface area contributed by atoms with Gasteiger partial charge in [-0.1, -0.05) is 6.08 Å². The SMILES string of the molecule is COc1cc(OCc2csc(C3=CCC(C(=O)OC(C)(C)C)CC3)n2)c2cc(-c3cnc4sc(OC)nn34)oc2c1. The number of hydrogen-bond donors (Lipinski definition) is 0. The van der Waals surface area contributed by atoms with E-state index in [0.717, 1.165) is 34.5 Å². The maximum absolute atomic E-state index is 12.5. The first kappa shape index (κ1) is 27.3. The van der Waals surface area contributed by atoms with Gasteiger partial charge in [-0.05, 0) is 63.0 Å². The van der Waals surface area contributed by atoms with E-state index in [-0.39, 0.29) is 18.5 Å². The molecule has 1 aliphatic carbocycles. The second-order valence-electron chi connectivity index (χ2n) is 10.7. The second-order valence-corrected chi connectivity index (χ2v) is 12.5. The summed E-state index contributed by atoms with van der Waals surface area (Å²) in [5.74, 6) is 1.61. The van der Waals surface area contributed by atoms with Crippen LogP contribution in [-0.2, 0) is 16.1 Å². The molecule has 4 aromatic heterocycles. The minimum atomic E-state index is -0.473. The Morgan fingerprint density at radius 2 is 2.05 bits per heavy atom. The number of benzene rings is 1. The summed E-state index contributed by atoms with van der Waals surface area (Å²) in [4.78, 5) is 22.4. The molecular formula is C29H30N4O6S2. The molecule has 214 valence electrons. The Morgan fingerprint density at radius 1 is 1.20 bits per heavy atom. The lowest BCUT2D eigenvalue weighted by atomic mass is 9.89. The van der Waals surface area contributed by atoms with E-state index in [1.54, 1.807) is 36.3 Å². The van der Waals surface area contributed by atoms with Crippen LogP contribution in [-0.4, -0.2) is 45.4 Å². The van der Waals surface area contributed by atoms with Crippen molar-refractivity contribution >= 4 is 50.1 Å². The van der Waals surface area contributed by atoms with E-state index >= 15 is 0 Å². The van der Waals surface area contributed by atoms with Gasteiger partial charge in [-0.2, -0.15) is 4.52 Å². The monoisotopic (exact) mass is 594 g/mol. The van der Waals surface area contributed by atoms with Crippen LogP contribution in [0.2, 0.25) is 0 Å². The Balaban J connectivity index is 1.18. The zero-order valence-corrected chi connectivity index (χ0v) is 25.1. The Hall–Kier alpha value is -3.90. The Labute approximate surface area is 244 Å². The van der Waals surface area contributed by atoms with Crippen molar-refractivity contribution in [2.75, 3.05) is 14.2 Å². The normalized spacial score (nSPS) is 15.7. The molecule has 5 aromatic rings. The van der Waals surface area contributed by atoms with E-state index in [1.165, 1.54) is 11.3 Å². The zero-order chi connectivity index (χ0) is 28.7. The third kappa shape index (κ3) is 5.66. The van der Waals surface area contributed by atoms with Crippen molar-refractivity contribution in [3.05, 3.63) is 46.6 Å². The van der Waals surface area contributed by atoms with E-state index in [0.29, 0.717) is 45.1 Å². The quantitative estimate of drug-likeness (QED) is 0.180. The molecule has 1 atom stereocenters. The number of carbonyl (C=O) groups is 1. The van der Waals surface area contributed by atoms with Gasteiger partial charge in [0.15, 0.2) is 5.76 Å². The number of nitrogens with zero attached hydrogens (tertiary/aromatic N) is 4. The molecule has 41 heavy (non-hydrogen) atoms. The van der Waals surface area contributed by atoms with Gasteiger partial charge < -0.3 is 23.4 Å². The fraction of sp³-hybridized carbons (Fsp3) is 0.379. The van der Waals surface area contributed by atoms with Gasteiger partial charge in [0, 0.05) is 17.5 Å². The van der Waals surface area contributed by atoms with Gasteiger partial charge in [-0.15, -0.1) is 16.4 Å². The first-order valence-corrected chi connectivity index (χ1v) is 14.9. The number of allylic oxidation sites excluding steroid dienone is 2. The number of esters is 1. The smallest absolute Gasteiger partial charge is 0.309 e. The highest BCUT2D eigenvalue weighted by Crippen LogP contribution is 2.38. The van der Waals surface area contributed by atoms with Crippen LogP contribution in [0.3, 0.4) is 0 Å². The molecule has 0 fully saturated rings. The van der Waals surface area contributed by atoms with E-state index in [9.17, 15) is 4.79 Å². The standard InChI is InChI=1S/C29H30N4O6S2/c1-29(2,3)39-26(34)17-8-6-16(7-9-17)25-31-18(15-40-25)14-37-22-10-19(35-4)11-23-20(22)12-24(38-23)21-13-30-27-33(21)32-28(36-5)41-27/h6,10-13,15,17H,7-9,14H2,1-5H3. The molecule has 12 heteroatoms. The topological polar surface area (TPSA) is 110 Å². The molecule has 10 nitrogen and oxygen atoms in total. The van der Waals surface area contributed by atoms with Gasteiger partial charge >= 0.3 is 5.97 Å². The molecule has 4 heterocycles. The highest BCUT2D eigenvalue weighted by atomic mass is 32.1. The van der Waals surface area contributed by atoms with Crippen molar-refractivity contribution in [1.82, 2.24) is 19.6 Å². The number of rotatable bonds is 8. The fourth-order valence-electron chi connectivity index (χ4n) is 4.67. The van der Waals surface area contributed by atoms with Crippen molar-refractivity contribution in [2.24, 2.45) is 5.92 Å². The number of hydrogen-bond acceptors (Lipinski definition) is 11. The molecule has 1 aromatic carbocycles. The summed E-state index contributed by atoms with van der Waals surface area (Å²) >= 11 is 2.94. The summed E-state index contributed by atoms with van der Waals surface area (Å²) in [5.41, 5.74) is 2.85. The van der Waals surface area contributed by atoms with Crippen LogP contribution in [0.5, 0.6) is 16.7 Å². The summed E-state index contributed by atoms with van der Waals surface area (Å²) in [5, 5.41) is 8.72. The molecule has 0 N–H and O–H groups in total. The lowest BCUT2D eigenvalue weighted by Crippen LogP contribution is -2.29. The second kappa shape index (κ2) is 10.8. The van der Waals surface area contributed by atoms with E-state index in [2.05, 4.69) is 16.2 Å². The fourth-order valence-corrected chi connectivity index (χ4v) is 6.24. The molecule has 0 radical (unpaired) electrons. The van der Waals surface area contributed by atoms with Crippen molar-refractivity contribution in [1.29, 1.82) is 0 Å². The largest absolute Gasteiger partial charge is 0.496 e. The number of methoxy groups -OCH3 is 2. The van der Waals surface area contributed by atoms with Gasteiger partial charge in [0.1, 0.15) is 40.0 Å². The predicted octanol–water partition coefficient (Wildman–Crippen LogP) is 6.78. The van der Waals surface area contributed by atoms with Gasteiger partial charge in [0.2, 0.25) is 4.96 Å². The molecule has 1 aliphatic rings. The van der Waals surface area contributed by atoms with E-state index in [4.69, 9.17) is 28.3 Å². The number of aromatic nitrogens is 4. The van der Waals surface area contributed by atoms with E-state index in [1.807, 2.05) is 44.4 Å². The van der Waals surface area contributed by atoms with Crippen LogP contribution >= 0.6 is 22.7 Å². The van der Waals surface area contributed by atoms with Gasteiger partial charge in [0.25, 0.3) is 5.19 Å². The number of fused-ring (bicyclic) bond motifs is 2. The predicted molar refractivity (Wildman–Crippen MR) is 157 cm³/mol. The van der Waals surface area contributed by atoms with Crippen molar-refractivity contribution in [3.8, 4) is 28.1 Å². The molecule has 0 amide bonds.